The number of halogens is 2. The molecule has 0 radical (unpaired) electrons. The molecule has 18 heavy (non-hydrogen) atoms. The molecule has 0 bridgehead atoms. The van der Waals surface area contributed by atoms with Crippen LogP contribution < -0.4 is 0 Å². The molecule has 4 nitrogen and oxygen atoms in total. The number of rotatable bonds is 3. The molecule has 3 aromatic rings. The van der Waals surface area contributed by atoms with E-state index in [2.05, 4.69) is 10.1 Å². The van der Waals surface area contributed by atoms with Gasteiger partial charge in [0.05, 0.1) is 23.9 Å². The number of imidazole rings is 1. The molecule has 1 aromatic carbocycles. The molecule has 92 valence electrons. The van der Waals surface area contributed by atoms with Crippen molar-refractivity contribution in [2.75, 3.05) is 0 Å². The van der Waals surface area contributed by atoms with Crippen molar-refractivity contribution in [3.05, 3.63) is 48.6 Å². The fourth-order valence-electron chi connectivity index (χ4n) is 1.87. The van der Waals surface area contributed by atoms with E-state index in [0.29, 0.717) is 24.1 Å². The Morgan fingerprint density at radius 3 is 2.72 bits per heavy atom. The van der Waals surface area contributed by atoms with E-state index in [-0.39, 0.29) is 0 Å². The minimum atomic E-state index is -0.875. The highest BCUT2D eigenvalue weighted by Gasteiger charge is 2.08. The van der Waals surface area contributed by atoms with Crippen LogP contribution in [0.25, 0.3) is 11.0 Å². The molecule has 0 fully saturated rings. The second-order valence-corrected chi connectivity index (χ2v) is 3.96. The SMILES string of the molecule is Fc1cc2ncn(CCn3cccn3)c2cc1F. The zero-order valence-corrected chi connectivity index (χ0v) is 9.42. The van der Waals surface area contributed by atoms with Gasteiger partial charge in [0.1, 0.15) is 0 Å². The van der Waals surface area contributed by atoms with Crippen LogP contribution in [0.15, 0.2) is 36.9 Å². The van der Waals surface area contributed by atoms with Crippen molar-refractivity contribution in [3.8, 4) is 0 Å². The summed E-state index contributed by atoms with van der Waals surface area (Å²) in [6, 6.07) is 4.11. The monoisotopic (exact) mass is 248 g/mol. The maximum absolute atomic E-state index is 13.2. The van der Waals surface area contributed by atoms with E-state index in [1.54, 1.807) is 21.8 Å². The van der Waals surface area contributed by atoms with Crippen LogP contribution in [0.2, 0.25) is 0 Å². The molecule has 0 aliphatic carbocycles. The number of fused-ring (bicyclic) bond motifs is 1. The van der Waals surface area contributed by atoms with Crippen molar-refractivity contribution < 1.29 is 8.78 Å². The van der Waals surface area contributed by atoms with Crippen LogP contribution in [-0.4, -0.2) is 19.3 Å². The number of benzene rings is 1. The Morgan fingerprint density at radius 1 is 1.11 bits per heavy atom. The first-order valence-electron chi connectivity index (χ1n) is 5.51. The van der Waals surface area contributed by atoms with Crippen LogP contribution >= 0.6 is 0 Å². The second kappa shape index (κ2) is 4.21. The Labute approximate surface area is 101 Å². The molecule has 2 heterocycles. The Balaban J connectivity index is 1.90. The molecule has 0 saturated heterocycles. The third kappa shape index (κ3) is 1.85. The first-order valence-corrected chi connectivity index (χ1v) is 5.51. The fourth-order valence-corrected chi connectivity index (χ4v) is 1.87. The number of nitrogens with zero attached hydrogens (tertiary/aromatic N) is 4. The van der Waals surface area contributed by atoms with Gasteiger partial charge in [0.15, 0.2) is 11.6 Å². The first-order chi connectivity index (χ1) is 8.74. The molecule has 0 atom stereocenters. The van der Waals surface area contributed by atoms with Crippen molar-refractivity contribution in [1.82, 2.24) is 19.3 Å². The molecule has 0 unspecified atom stereocenters. The van der Waals surface area contributed by atoms with Crippen LogP contribution in [0, 0.1) is 11.6 Å². The smallest absolute Gasteiger partial charge is 0.161 e. The van der Waals surface area contributed by atoms with Crippen molar-refractivity contribution >= 4 is 11.0 Å². The molecular weight excluding hydrogens is 238 g/mol. The van der Waals surface area contributed by atoms with Gasteiger partial charge in [-0.3, -0.25) is 4.68 Å². The van der Waals surface area contributed by atoms with Gasteiger partial charge in [0.2, 0.25) is 0 Å². The zero-order valence-electron chi connectivity index (χ0n) is 9.42. The van der Waals surface area contributed by atoms with Gasteiger partial charge >= 0.3 is 0 Å². The summed E-state index contributed by atoms with van der Waals surface area (Å²) in [4.78, 5) is 4.05. The van der Waals surface area contributed by atoms with Gasteiger partial charge in [0.25, 0.3) is 0 Å². The van der Waals surface area contributed by atoms with E-state index in [1.807, 2.05) is 12.3 Å². The van der Waals surface area contributed by atoms with Crippen molar-refractivity contribution in [2.45, 2.75) is 13.1 Å². The van der Waals surface area contributed by atoms with Crippen LogP contribution in [0.3, 0.4) is 0 Å². The van der Waals surface area contributed by atoms with E-state index in [1.165, 1.54) is 6.07 Å². The van der Waals surface area contributed by atoms with E-state index in [0.717, 1.165) is 6.07 Å². The Morgan fingerprint density at radius 2 is 1.94 bits per heavy atom. The van der Waals surface area contributed by atoms with Crippen LogP contribution in [0.5, 0.6) is 0 Å². The summed E-state index contributed by atoms with van der Waals surface area (Å²) in [5, 5.41) is 4.08. The van der Waals surface area contributed by atoms with Gasteiger partial charge in [-0.2, -0.15) is 5.10 Å². The normalized spacial score (nSPS) is 11.2. The summed E-state index contributed by atoms with van der Waals surface area (Å²) in [7, 11) is 0. The quantitative estimate of drug-likeness (QED) is 0.712. The highest BCUT2D eigenvalue weighted by atomic mass is 19.2. The molecule has 0 spiro atoms. The van der Waals surface area contributed by atoms with Crippen LogP contribution in [-0.2, 0) is 13.1 Å². The summed E-state index contributed by atoms with van der Waals surface area (Å²) < 4.78 is 29.8. The lowest BCUT2D eigenvalue weighted by Gasteiger charge is -2.04. The number of aryl methyl sites for hydroxylation is 2. The number of hydrogen-bond donors (Lipinski definition) is 0. The average molecular weight is 248 g/mol. The minimum absolute atomic E-state index is 0.453. The Hall–Kier alpha value is -2.24. The van der Waals surface area contributed by atoms with Crippen LogP contribution in [0.4, 0.5) is 8.78 Å². The summed E-state index contributed by atoms with van der Waals surface area (Å²) in [5.74, 6) is -1.73. The fraction of sp³-hybridized carbons (Fsp3) is 0.167. The van der Waals surface area contributed by atoms with Gasteiger partial charge in [-0.25, -0.2) is 13.8 Å². The summed E-state index contributed by atoms with van der Waals surface area (Å²) in [6.07, 6.45) is 5.12. The highest BCUT2D eigenvalue weighted by molar-refractivity contribution is 5.75. The Kier molecular flexibility index (Phi) is 2.55. The van der Waals surface area contributed by atoms with Gasteiger partial charge in [-0.15, -0.1) is 0 Å². The largest absolute Gasteiger partial charge is 0.329 e. The summed E-state index contributed by atoms with van der Waals surface area (Å²) in [6.45, 7) is 1.25. The molecular formula is C12H10F2N4. The van der Waals surface area contributed by atoms with Gasteiger partial charge in [-0.05, 0) is 6.07 Å². The topological polar surface area (TPSA) is 35.6 Å². The number of hydrogen-bond acceptors (Lipinski definition) is 2. The van der Waals surface area contributed by atoms with E-state index >= 15 is 0 Å². The lowest BCUT2D eigenvalue weighted by Crippen LogP contribution is -2.06. The van der Waals surface area contributed by atoms with E-state index < -0.39 is 11.6 Å². The van der Waals surface area contributed by atoms with Gasteiger partial charge < -0.3 is 4.57 Å². The van der Waals surface area contributed by atoms with Gasteiger partial charge in [0, 0.05) is 31.1 Å². The average Bonchev–Trinajstić information content (AvgIpc) is 2.97. The molecule has 2 aromatic heterocycles. The van der Waals surface area contributed by atoms with E-state index in [9.17, 15) is 8.78 Å². The molecule has 0 amide bonds. The van der Waals surface area contributed by atoms with Crippen LogP contribution in [0.1, 0.15) is 0 Å². The first kappa shape index (κ1) is 10.9. The summed E-state index contributed by atoms with van der Waals surface area (Å²) >= 11 is 0. The predicted molar refractivity (Wildman–Crippen MR) is 61.9 cm³/mol. The Bertz CT molecular complexity index is 673. The molecule has 0 N–H and O–H groups in total. The summed E-state index contributed by atoms with van der Waals surface area (Å²) in [5.41, 5.74) is 1.04. The second-order valence-electron chi connectivity index (χ2n) is 3.96. The maximum atomic E-state index is 13.2. The molecule has 0 saturated carbocycles. The van der Waals surface area contributed by atoms with E-state index in [4.69, 9.17) is 0 Å². The molecule has 6 heteroatoms. The number of aromatic nitrogens is 4. The molecule has 0 aliphatic heterocycles. The molecule has 3 rings (SSSR count). The third-order valence-corrected chi connectivity index (χ3v) is 2.79. The van der Waals surface area contributed by atoms with Crippen molar-refractivity contribution in [3.63, 3.8) is 0 Å². The molecule has 0 aliphatic rings. The van der Waals surface area contributed by atoms with Crippen molar-refractivity contribution in [2.24, 2.45) is 0 Å². The maximum Gasteiger partial charge on any atom is 0.161 e. The zero-order chi connectivity index (χ0) is 12.5. The van der Waals surface area contributed by atoms with Crippen molar-refractivity contribution in [1.29, 1.82) is 0 Å². The standard InChI is InChI=1S/C12H10F2N4/c13-9-6-11-12(7-10(9)14)17(8-15-11)4-5-18-3-1-2-16-18/h1-3,6-8H,4-5H2. The minimum Gasteiger partial charge on any atom is -0.329 e. The lowest BCUT2D eigenvalue weighted by molar-refractivity contribution is 0.509. The predicted octanol–water partition coefficient (Wildman–Crippen LogP) is 2.21. The van der Waals surface area contributed by atoms with Gasteiger partial charge in [-0.1, -0.05) is 0 Å². The third-order valence-electron chi connectivity index (χ3n) is 2.79. The lowest BCUT2D eigenvalue weighted by atomic mass is 10.3. The highest BCUT2D eigenvalue weighted by Crippen LogP contribution is 2.17.